The lowest BCUT2D eigenvalue weighted by atomic mass is 10.1. The quantitative estimate of drug-likeness (QED) is 0.489. The lowest BCUT2D eigenvalue weighted by Crippen LogP contribution is -2.46. The third kappa shape index (κ3) is 5.73. The minimum atomic E-state index is -4.30. The summed E-state index contributed by atoms with van der Waals surface area (Å²) in [6.07, 6.45) is 1.27. The number of alkyl halides is 3. The average molecular weight is 447 g/mol. The van der Waals surface area contributed by atoms with Crippen LogP contribution in [0.5, 0.6) is 0 Å². The number of imidazole rings is 1. The van der Waals surface area contributed by atoms with Crippen molar-refractivity contribution in [1.82, 2.24) is 14.9 Å². The number of nitrogens with zero attached hydrogens (tertiary/aromatic N) is 2. The van der Waals surface area contributed by atoms with Gasteiger partial charge in [0.25, 0.3) is 0 Å². The highest BCUT2D eigenvalue weighted by atomic mass is 19.4. The maximum absolute atomic E-state index is 12.9. The van der Waals surface area contributed by atoms with E-state index in [1.165, 1.54) is 17.7 Å². The fourth-order valence-electron chi connectivity index (χ4n) is 4.36. The Morgan fingerprint density at radius 2 is 1.59 bits per heavy atom. The van der Waals surface area contributed by atoms with Gasteiger partial charge in [-0.3, -0.25) is 4.90 Å². The first-order chi connectivity index (χ1) is 15.4. The Kier molecular flexibility index (Phi) is 6.89. The number of aromatic amines is 2. The normalized spacial score (nSPS) is 15.5. The standard InChI is InChI=1S/C24H29F3N4O/c25-24(26,27)19-7-5-8-20(17-19)31-14-12-30(13-15-31)11-4-2-1-3-6-18-9-10-21-22(16-18)29-23(32)28-21/h5,7-10,16-17H,1-4,6,11-15H2,(H2,28,29,32). The molecule has 1 aliphatic rings. The van der Waals surface area contributed by atoms with Crippen molar-refractivity contribution in [2.24, 2.45) is 0 Å². The molecule has 0 aliphatic carbocycles. The first-order valence-electron chi connectivity index (χ1n) is 11.2. The number of halogens is 3. The van der Waals surface area contributed by atoms with E-state index < -0.39 is 11.7 Å². The minimum Gasteiger partial charge on any atom is -0.369 e. The number of hydrogen-bond donors (Lipinski definition) is 2. The number of unbranched alkanes of at least 4 members (excludes halogenated alkanes) is 3. The van der Waals surface area contributed by atoms with Gasteiger partial charge in [-0.15, -0.1) is 0 Å². The van der Waals surface area contributed by atoms with Crippen molar-refractivity contribution >= 4 is 16.7 Å². The van der Waals surface area contributed by atoms with Crippen LogP contribution >= 0.6 is 0 Å². The molecule has 3 aromatic rings. The Bertz CT molecular complexity index is 1080. The second-order valence-corrected chi connectivity index (χ2v) is 8.50. The van der Waals surface area contributed by atoms with E-state index in [0.717, 1.165) is 81.9 Å². The average Bonchev–Trinajstić information content (AvgIpc) is 3.15. The first kappa shape index (κ1) is 22.5. The lowest BCUT2D eigenvalue weighted by Gasteiger charge is -2.36. The monoisotopic (exact) mass is 446 g/mol. The van der Waals surface area contributed by atoms with E-state index in [9.17, 15) is 18.0 Å². The smallest absolute Gasteiger partial charge is 0.369 e. The summed E-state index contributed by atoms with van der Waals surface area (Å²) in [5, 5.41) is 0. The molecule has 0 spiro atoms. The number of fused-ring (bicyclic) bond motifs is 1. The van der Waals surface area contributed by atoms with Crippen LogP contribution < -0.4 is 10.6 Å². The summed E-state index contributed by atoms with van der Waals surface area (Å²) >= 11 is 0. The molecule has 1 saturated heterocycles. The van der Waals surface area contributed by atoms with Gasteiger partial charge < -0.3 is 14.9 Å². The number of anilines is 1. The van der Waals surface area contributed by atoms with Crippen molar-refractivity contribution in [1.29, 1.82) is 0 Å². The topological polar surface area (TPSA) is 55.1 Å². The third-order valence-corrected chi connectivity index (χ3v) is 6.18. The minimum absolute atomic E-state index is 0.173. The van der Waals surface area contributed by atoms with Gasteiger partial charge in [0.2, 0.25) is 0 Å². The Morgan fingerprint density at radius 1 is 0.844 bits per heavy atom. The molecule has 0 saturated carbocycles. The molecule has 0 amide bonds. The van der Waals surface area contributed by atoms with Crippen LogP contribution in [0.1, 0.15) is 36.8 Å². The van der Waals surface area contributed by atoms with Crippen molar-refractivity contribution in [3.63, 3.8) is 0 Å². The zero-order chi connectivity index (χ0) is 22.6. The Morgan fingerprint density at radius 3 is 2.38 bits per heavy atom. The molecular weight excluding hydrogens is 417 g/mol. The number of rotatable bonds is 8. The largest absolute Gasteiger partial charge is 0.416 e. The van der Waals surface area contributed by atoms with Crippen LogP contribution in [-0.4, -0.2) is 47.6 Å². The molecule has 1 aliphatic heterocycles. The number of piperazine rings is 1. The summed E-state index contributed by atoms with van der Waals surface area (Å²) in [4.78, 5) is 21.3. The fourth-order valence-corrected chi connectivity index (χ4v) is 4.36. The van der Waals surface area contributed by atoms with Crippen LogP contribution in [0.2, 0.25) is 0 Å². The highest BCUT2D eigenvalue weighted by Crippen LogP contribution is 2.31. The van der Waals surface area contributed by atoms with Crippen LogP contribution in [0, 0.1) is 0 Å². The number of benzene rings is 2. The molecular formula is C24H29F3N4O. The summed E-state index contributed by atoms with van der Waals surface area (Å²) in [5.41, 5.74) is 2.83. The zero-order valence-corrected chi connectivity index (χ0v) is 18.0. The maximum atomic E-state index is 12.9. The van der Waals surface area contributed by atoms with E-state index in [-0.39, 0.29) is 5.69 Å². The molecule has 1 aromatic heterocycles. The molecule has 0 bridgehead atoms. The highest BCUT2D eigenvalue weighted by molar-refractivity contribution is 5.75. The summed E-state index contributed by atoms with van der Waals surface area (Å²) < 4.78 is 38.8. The molecule has 5 nitrogen and oxygen atoms in total. The molecule has 2 heterocycles. The summed E-state index contributed by atoms with van der Waals surface area (Å²) in [5.74, 6) is 0. The van der Waals surface area contributed by atoms with Crippen molar-refractivity contribution < 1.29 is 13.2 Å². The van der Waals surface area contributed by atoms with E-state index in [4.69, 9.17) is 0 Å². The van der Waals surface area contributed by atoms with Crippen LogP contribution in [0.3, 0.4) is 0 Å². The maximum Gasteiger partial charge on any atom is 0.416 e. The van der Waals surface area contributed by atoms with Crippen LogP contribution in [-0.2, 0) is 12.6 Å². The number of nitrogens with one attached hydrogen (secondary N) is 2. The number of H-pyrrole nitrogens is 2. The molecule has 0 atom stereocenters. The predicted molar refractivity (Wildman–Crippen MR) is 121 cm³/mol. The van der Waals surface area contributed by atoms with Gasteiger partial charge >= 0.3 is 11.9 Å². The molecule has 32 heavy (non-hydrogen) atoms. The van der Waals surface area contributed by atoms with Crippen molar-refractivity contribution in [3.8, 4) is 0 Å². The second-order valence-electron chi connectivity index (χ2n) is 8.50. The van der Waals surface area contributed by atoms with Crippen LogP contribution in [0.25, 0.3) is 11.0 Å². The molecule has 1 fully saturated rings. The van der Waals surface area contributed by atoms with Crippen LogP contribution in [0.4, 0.5) is 18.9 Å². The molecule has 4 rings (SSSR count). The molecule has 172 valence electrons. The van der Waals surface area contributed by atoms with Gasteiger partial charge in [0.1, 0.15) is 0 Å². The fraction of sp³-hybridized carbons (Fsp3) is 0.458. The Hall–Kier alpha value is -2.74. The Labute approximate surface area is 185 Å². The first-order valence-corrected chi connectivity index (χ1v) is 11.2. The SMILES string of the molecule is O=c1[nH]c2ccc(CCCCCCN3CCN(c4cccc(C(F)(F)F)c4)CC3)cc2[nH]1. The van der Waals surface area contributed by atoms with E-state index >= 15 is 0 Å². The number of aryl methyl sites for hydroxylation is 1. The molecule has 0 unspecified atom stereocenters. The third-order valence-electron chi connectivity index (χ3n) is 6.18. The lowest BCUT2D eigenvalue weighted by molar-refractivity contribution is -0.137. The van der Waals surface area contributed by atoms with Crippen LogP contribution in [0.15, 0.2) is 47.3 Å². The van der Waals surface area contributed by atoms with Crippen molar-refractivity contribution in [3.05, 3.63) is 64.1 Å². The van der Waals surface area contributed by atoms with Crippen molar-refractivity contribution in [2.45, 2.75) is 38.3 Å². The van der Waals surface area contributed by atoms with E-state index in [1.807, 2.05) is 17.0 Å². The summed E-state index contributed by atoms with van der Waals surface area (Å²) in [6.45, 7) is 4.30. The number of aromatic nitrogens is 2. The van der Waals surface area contributed by atoms with Gasteiger partial charge in [-0.1, -0.05) is 25.0 Å². The molecule has 0 radical (unpaired) electrons. The highest BCUT2D eigenvalue weighted by Gasteiger charge is 2.31. The summed E-state index contributed by atoms with van der Waals surface area (Å²) in [7, 11) is 0. The van der Waals surface area contributed by atoms with Gasteiger partial charge in [0.05, 0.1) is 16.6 Å². The van der Waals surface area contributed by atoms with Gasteiger partial charge in [0.15, 0.2) is 0 Å². The predicted octanol–water partition coefficient (Wildman–Crippen LogP) is 4.80. The number of hydrogen-bond acceptors (Lipinski definition) is 3. The molecule has 2 N–H and O–H groups in total. The molecule has 2 aromatic carbocycles. The zero-order valence-electron chi connectivity index (χ0n) is 18.0. The van der Waals surface area contributed by atoms with Gasteiger partial charge in [-0.05, 0) is 61.7 Å². The van der Waals surface area contributed by atoms with Gasteiger partial charge in [0, 0.05) is 31.9 Å². The molecule has 8 heteroatoms. The van der Waals surface area contributed by atoms with E-state index in [0.29, 0.717) is 5.69 Å². The van der Waals surface area contributed by atoms with Gasteiger partial charge in [-0.2, -0.15) is 13.2 Å². The summed E-state index contributed by atoms with van der Waals surface area (Å²) in [6, 6.07) is 11.7. The second kappa shape index (κ2) is 9.81. The van der Waals surface area contributed by atoms with E-state index in [2.05, 4.69) is 20.9 Å². The van der Waals surface area contributed by atoms with E-state index in [1.54, 1.807) is 6.07 Å². The van der Waals surface area contributed by atoms with Crippen molar-refractivity contribution in [2.75, 3.05) is 37.6 Å². The Balaban J connectivity index is 1.13. The van der Waals surface area contributed by atoms with Gasteiger partial charge in [-0.25, -0.2) is 4.79 Å².